The summed E-state index contributed by atoms with van der Waals surface area (Å²) < 4.78 is 7.15. The Hall–Kier alpha value is -1.62. The van der Waals surface area contributed by atoms with Crippen LogP contribution in [0.2, 0.25) is 0 Å². The molecule has 0 aliphatic heterocycles. The molecule has 0 saturated carbocycles. The summed E-state index contributed by atoms with van der Waals surface area (Å²) in [4.78, 5) is 4.25. The minimum absolute atomic E-state index is 0.400. The minimum Gasteiger partial charge on any atom is -0.456 e. The molecule has 2 aromatic rings. The maximum Gasteiger partial charge on any atom is 0.194 e. The van der Waals surface area contributed by atoms with Crippen molar-refractivity contribution in [1.82, 2.24) is 14.8 Å². The van der Waals surface area contributed by atoms with E-state index in [1.807, 2.05) is 26.1 Å². The highest BCUT2D eigenvalue weighted by atomic mass is 16.3. The second-order valence-corrected chi connectivity index (χ2v) is 3.08. The van der Waals surface area contributed by atoms with Crippen LogP contribution in [0.4, 0.5) is 0 Å². The molecule has 0 aliphatic carbocycles. The fourth-order valence-corrected chi connectivity index (χ4v) is 1.33. The molecular weight excluding hydrogens is 180 g/mol. The van der Waals surface area contributed by atoms with Gasteiger partial charge in [-0.1, -0.05) is 0 Å². The quantitative estimate of drug-likeness (QED) is 0.765. The Kier molecular flexibility index (Phi) is 2.09. The van der Waals surface area contributed by atoms with Crippen LogP contribution in [-0.2, 0) is 13.6 Å². The van der Waals surface area contributed by atoms with Gasteiger partial charge in [0.1, 0.15) is 11.6 Å². The van der Waals surface area contributed by atoms with Crippen molar-refractivity contribution in [2.24, 2.45) is 12.8 Å². The highest BCUT2D eigenvalue weighted by Gasteiger charge is 2.10. The summed E-state index contributed by atoms with van der Waals surface area (Å²) in [6.45, 7) is 2.24. The van der Waals surface area contributed by atoms with Crippen molar-refractivity contribution in [2.45, 2.75) is 13.5 Å². The summed E-state index contributed by atoms with van der Waals surface area (Å²) >= 11 is 0. The van der Waals surface area contributed by atoms with Crippen LogP contribution in [0.5, 0.6) is 0 Å². The molecule has 0 aromatic carbocycles. The molecule has 0 radical (unpaired) electrons. The second-order valence-electron chi connectivity index (χ2n) is 3.08. The molecular formula is C9H12N4O. The van der Waals surface area contributed by atoms with Crippen molar-refractivity contribution >= 4 is 0 Å². The number of hydrogen-bond donors (Lipinski definition) is 1. The van der Waals surface area contributed by atoms with Crippen LogP contribution in [0.15, 0.2) is 16.5 Å². The van der Waals surface area contributed by atoms with Crippen molar-refractivity contribution in [1.29, 1.82) is 0 Å². The zero-order chi connectivity index (χ0) is 10.1. The van der Waals surface area contributed by atoms with Gasteiger partial charge in [-0.3, -0.25) is 0 Å². The standard InChI is InChI=1S/C9H12N4O/c1-6-11-9(13(2)12-6)8-4-3-7(5-10)14-8/h3-4H,5,10H2,1-2H3. The first-order valence-corrected chi connectivity index (χ1v) is 4.37. The molecule has 0 spiro atoms. The van der Waals surface area contributed by atoms with E-state index >= 15 is 0 Å². The molecule has 0 atom stereocenters. The molecule has 0 fully saturated rings. The van der Waals surface area contributed by atoms with Gasteiger partial charge in [-0.15, -0.1) is 0 Å². The first-order valence-electron chi connectivity index (χ1n) is 4.37. The third kappa shape index (κ3) is 1.42. The lowest BCUT2D eigenvalue weighted by Gasteiger charge is -1.94. The van der Waals surface area contributed by atoms with Gasteiger partial charge in [-0.05, 0) is 19.1 Å². The predicted molar refractivity (Wildman–Crippen MR) is 51.3 cm³/mol. The highest BCUT2D eigenvalue weighted by Crippen LogP contribution is 2.19. The van der Waals surface area contributed by atoms with E-state index in [0.717, 1.165) is 17.4 Å². The van der Waals surface area contributed by atoms with Gasteiger partial charge in [-0.2, -0.15) is 5.10 Å². The average Bonchev–Trinajstić information content (AvgIpc) is 2.71. The van der Waals surface area contributed by atoms with Gasteiger partial charge in [0.05, 0.1) is 6.54 Å². The van der Waals surface area contributed by atoms with Crippen molar-refractivity contribution in [3.05, 3.63) is 23.7 Å². The molecule has 0 unspecified atom stereocenters. The van der Waals surface area contributed by atoms with E-state index in [1.165, 1.54) is 0 Å². The van der Waals surface area contributed by atoms with Crippen LogP contribution in [0.3, 0.4) is 0 Å². The topological polar surface area (TPSA) is 69.9 Å². The molecule has 5 heteroatoms. The highest BCUT2D eigenvalue weighted by molar-refractivity contribution is 5.47. The largest absolute Gasteiger partial charge is 0.456 e. The summed E-state index contributed by atoms with van der Waals surface area (Å²) in [6.07, 6.45) is 0. The Bertz CT molecular complexity index is 443. The Morgan fingerprint density at radius 2 is 2.29 bits per heavy atom. The lowest BCUT2D eigenvalue weighted by molar-refractivity contribution is 0.518. The normalized spacial score (nSPS) is 10.8. The third-order valence-electron chi connectivity index (χ3n) is 1.95. The number of furan rings is 1. The van der Waals surface area contributed by atoms with Gasteiger partial charge in [0, 0.05) is 7.05 Å². The Labute approximate surface area is 81.5 Å². The van der Waals surface area contributed by atoms with Gasteiger partial charge in [0.15, 0.2) is 11.6 Å². The molecule has 14 heavy (non-hydrogen) atoms. The molecule has 0 amide bonds. The third-order valence-corrected chi connectivity index (χ3v) is 1.95. The Balaban J connectivity index is 2.43. The Morgan fingerprint density at radius 1 is 1.50 bits per heavy atom. The number of aryl methyl sites for hydroxylation is 2. The lowest BCUT2D eigenvalue weighted by atomic mass is 10.4. The molecule has 0 aliphatic rings. The summed E-state index contributed by atoms with van der Waals surface area (Å²) in [7, 11) is 1.83. The molecule has 0 saturated heterocycles. The van der Waals surface area contributed by atoms with Crippen LogP contribution < -0.4 is 5.73 Å². The molecule has 2 heterocycles. The Morgan fingerprint density at radius 3 is 2.79 bits per heavy atom. The fraction of sp³-hybridized carbons (Fsp3) is 0.333. The number of rotatable bonds is 2. The molecule has 74 valence electrons. The summed E-state index contributed by atoms with van der Waals surface area (Å²) in [5, 5.41) is 4.14. The van der Waals surface area contributed by atoms with Crippen LogP contribution in [0.1, 0.15) is 11.6 Å². The number of hydrogen-bond acceptors (Lipinski definition) is 4. The smallest absolute Gasteiger partial charge is 0.194 e. The fourth-order valence-electron chi connectivity index (χ4n) is 1.33. The minimum atomic E-state index is 0.400. The second kappa shape index (κ2) is 3.26. The van der Waals surface area contributed by atoms with Crippen molar-refractivity contribution in [3.63, 3.8) is 0 Å². The molecule has 2 rings (SSSR count). The first-order chi connectivity index (χ1) is 6.70. The zero-order valence-electron chi connectivity index (χ0n) is 8.19. The lowest BCUT2D eigenvalue weighted by Crippen LogP contribution is -1.94. The van der Waals surface area contributed by atoms with Crippen LogP contribution in [0.25, 0.3) is 11.6 Å². The van der Waals surface area contributed by atoms with E-state index < -0.39 is 0 Å². The monoisotopic (exact) mass is 192 g/mol. The van der Waals surface area contributed by atoms with Gasteiger partial charge in [0.2, 0.25) is 0 Å². The summed E-state index contributed by atoms with van der Waals surface area (Å²) in [6, 6.07) is 3.70. The number of nitrogens with zero attached hydrogens (tertiary/aromatic N) is 3. The maximum atomic E-state index is 5.46. The maximum absolute atomic E-state index is 5.46. The number of aromatic nitrogens is 3. The zero-order valence-corrected chi connectivity index (χ0v) is 8.19. The van der Waals surface area contributed by atoms with E-state index in [2.05, 4.69) is 10.1 Å². The average molecular weight is 192 g/mol. The van der Waals surface area contributed by atoms with Crippen LogP contribution in [-0.4, -0.2) is 14.8 Å². The van der Waals surface area contributed by atoms with Crippen molar-refractivity contribution < 1.29 is 4.42 Å². The van der Waals surface area contributed by atoms with E-state index in [-0.39, 0.29) is 0 Å². The molecule has 2 N–H and O–H groups in total. The van der Waals surface area contributed by atoms with Crippen LogP contribution >= 0.6 is 0 Å². The van der Waals surface area contributed by atoms with E-state index in [9.17, 15) is 0 Å². The van der Waals surface area contributed by atoms with E-state index in [0.29, 0.717) is 12.3 Å². The van der Waals surface area contributed by atoms with Crippen molar-refractivity contribution in [2.75, 3.05) is 0 Å². The van der Waals surface area contributed by atoms with Gasteiger partial charge < -0.3 is 10.2 Å². The van der Waals surface area contributed by atoms with Crippen LogP contribution in [0, 0.1) is 6.92 Å². The van der Waals surface area contributed by atoms with Gasteiger partial charge >= 0.3 is 0 Å². The number of nitrogens with two attached hydrogens (primary N) is 1. The predicted octanol–water partition coefficient (Wildman–Crippen LogP) is 0.842. The molecule has 2 aromatic heterocycles. The summed E-state index contributed by atoms with van der Waals surface area (Å²) in [5.41, 5.74) is 5.45. The van der Waals surface area contributed by atoms with Gasteiger partial charge in [0.25, 0.3) is 0 Å². The van der Waals surface area contributed by atoms with Crippen molar-refractivity contribution in [3.8, 4) is 11.6 Å². The first kappa shape index (κ1) is 8.96. The SMILES string of the molecule is Cc1nc(-c2ccc(CN)o2)n(C)n1. The van der Waals surface area contributed by atoms with E-state index in [1.54, 1.807) is 4.68 Å². The summed E-state index contributed by atoms with van der Waals surface area (Å²) in [5.74, 6) is 2.91. The van der Waals surface area contributed by atoms with Gasteiger partial charge in [-0.25, -0.2) is 9.67 Å². The van der Waals surface area contributed by atoms with E-state index in [4.69, 9.17) is 10.2 Å². The molecule has 5 nitrogen and oxygen atoms in total. The molecule has 0 bridgehead atoms.